The van der Waals surface area contributed by atoms with Crippen molar-refractivity contribution in [3.8, 4) is 0 Å². The van der Waals surface area contributed by atoms with Gasteiger partial charge in [-0.25, -0.2) is 0 Å². The van der Waals surface area contributed by atoms with Crippen LogP contribution in [0.1, 0.15) is 13.3 Å². The molecule has 0 rings (SSSR count). The number of carbonyl (C=O) groups is 4. The number of ketones is 1. The van der Waals surface area contributed by atoms with Gasteiger partial charge in [0.25, 0.3) is 5.91 Å². The van der Waals surface area contributed by atoms with Gasteiger partial charge < -0.3 is 14.5 Å². The van der Waals surface area contributed by atoms with Crippen LogP contribution in [-0.2, 0) is 23.9 Å². The van der Waals surface area contributed by atoms with Crippen LogP contribution in [0.3, 0.4) is 0 Å². The van der Waals surface area contributed by atoms with Crippen molar-refractivity contribution in [3.05, 3.63) is 0 Å². The smallest absolute Gasteiger partial charge is 0.325 e. The number of rotatable bonds is 6. The predicted molar refractivity (Wildman–Crippen MR) is 62.6 cm³/mol. The minimum absolute atomic E-state index is 0.221. The van der Waals surface area contributed by atoms with E-state index in [1.807, 2.05) is 0 Å². The minimum Gasteiger partial charge on any atom is -0.465 e. The normalized spacial score (nSPS) is 9.56. The molecular weight excluding hydrogens is 240 g/mol. The molecule has 0 bridgehead atoms. The number of likely N-dealkylation sites (N-methyl/N-ethyl adjacent to an activating group) is 2. The maximum atomic E-state index is 11.5. The van der Waals surface area contributed by atoms with Crippen molar-refractivity contribution >= 4 is 23.6 Å². The van der Waals surface area contributed by atoms with Crippen molar-refractivity contribution in [1.29, 1.82) is 0 Å². The van der Waals surface area contributed by atoms with Gasteiger partial charge in [0.2, 0.25) is 11.7 Å². The van der Waals surface area contributed by atoms with Crippen molar-refractivity contribution in [2.24, 2.45) is 0 Å². The molecular formula is C11H18N2O5. The molecule has 0 N–H and O–H groups in total. The van der Waals surface area contributed by atoms with E-state index in [4.69, 9.17) is 0 Å². The van der Waals surface area contributed by atoms with Crippen LogP contribution in [0.4, 0.5) is 0 Å². The molecule has 0 atom stereocenters. The van der Waals surface area contributed by atoms with Gasteiger partial charge in [0, 0.05) is 21.1 Å². The van der Waals surface area contributed by atoms with Gasteiger partial charge >= 0.3 is 5.97 Å². The number of hydrogen-bond acceptors (Lipinski definition) is 5. The fourth-order valence-electron chi connectivity index (χ4n) is 1.09. The summed E-state index contributed by atoms with van der Waals surface area (Å²) in [5.41, 5.74) is 0. The van der Waals surface area contributed by atoms with E-state index in [1.54, 1.807) is 6.92 Å². The number of carbonyl (C=O) groups excluding carboxylic acids is 4. The lowest BCUT2D eigenvalue weighted by molar-refractivity contribution is -0.150. The summed E-state index contributed by atoms with van der Waals surface area (Å²) in [7, 11) is 4.22. The predicted octanol–water partition coefficient (Wildman–Crippen LogP) is -0.945. The van der Waals surface area contributed by atoms with Crippen molar-refractivity contribution in [2.45, 2.75) is 13.3 Å². The molecule has 0 heterocycles. The second-order valence-electron chi connectivity index (χ2n) is 3.85. The molecule has 0 unspecified atom stereocenters. The second kappa shape index (κ2) is 7.41. The molecule has 0 aliphatic heterocycles. The topological polar surface area (TPSA) is 84.0 Å². The number of esters is 1. The van der Waals surface area contributed by atoms with Crippen molar-refractivity contribution < 1.29 is 23.9 Å². The highest BCUT2D eigenvalue weighted by Gasteiger charge is 2.22. The SMILES string of the molecule is CCOC(=O)CN(C)C(=O)CC(=O)C(=O)N(C)C. The maximum Gasteiger partial charge on any atom is 0.325 e. The number of hydrogen-bond donors (Lipinski definition) is 0. The van der Waals surface area contributed by atoms with Crippen LogP contribution < -0.4 is 0 Å². The number of Topliss-reactive ketones (excluding diaryl/α,β-unsaturated/α-hetero) is 1. The van der Waals surface area contributed by atoms with Crippen LogP contribution in [-0.4, -0.2) is 67.7 Å². The van der Waals surface area contributed by atoms with E-state index in [-0.39, 0.29) is 13.2 Å². The van der Waals surface area contributed by atoms with E-state index in [9.17, 15) is 19.2 Å². The molecule has 0 aromatic heterocycles. The molecule has 2 amide bonds. The lowest BCUT2D eigenvalue weighted by Gasteiger charge is -2.16. The third kappa shape index (κ3) is 5.42. The number of nitrogens with zero attached hydrogens (tertiary/aromatic N) is 2. The number of amides is 2. The lowest BCUT2D eigenvalue weighted by atomic mass is 10.2. The van der Waals surface area contributed by atoms with E-state index in [0.29, 0.717) is 0 Å². The van der Waals surface area contributed by atoms with Crippen LogP contribution in [0.2, 0.25) is 0 Å². The monoisotopic (exact) mass is 258 g/mol. The molecule has 0 spiro atoms. The molecule has 0 aliphatic rings. The van der Waals surface area contributed by atoms with Crippen LogP contribution in [0.5, 0.6) is 0 Å². The maximum absolute atomic E-state index is 11.5. The molecule has 102 valence electrons. The van der Waals surface area contributed by atoms with Crippen LogP contribution in [0.15, 0.2) is 0 Å². The summed E-state index contributed by atoms with van der Waals surface area (Å²) >= 11 is 0. The average Bonchev–Trinajstić information content (AvgIpc) is 2.27. The first-order chi connectivity index (χ1) is 8.29. The van der Waals surface area contributed by atoms with E-state index in [1.165, 1.54) is 21.1 Å². The Morgan fingerprint density at radius 2 is 1.61 bits per heavy atom. The van der Waals surface area contributed by atoms with E-state index >= 15 is 0 Å². The third-order valence-electron chi connectivity index (χ3n) is 2.05. The first kappa shape index (κ1) is 16.1. The van der Waals surface area contributed by atoms with Gasteiger partial charge in [-0.2, -0.15) is 0 Å². The standard InChI is InChI=1S/C11H18N2O5/c1-5-18-10(16)7-13(4)9(15)6-8(14)11(17)12(2)3/h5-7H2,1-4H3. The zero-order valence-corrected chi connectivity index (χ0v) is 11.1. The van der Waals surface area contributed by atoms with Crippen LogP contribution in [0, 0.1) is 0 Å². The summed E-state index contributed by atoms with van der Waals surface area (Å²) in [4.78, 5) is 47.4. The average molecular weight is 258 g/mol. The fraction of sp³-hybridized carbons (Fsp3) is 0.636. The molecule has 0 saturated carbocycles. The van der Waals surface area contributed by atoms with Gasteiger partial charge in [-0.15, -0.1) is 0 Å². The zero-order chi connectivity index (χ0) is 14.3. The fourth-order valence-corrected chi connectivity index (χ4v) is 1.09. The Bertz CT molecular complexity index is 351. The van der Waals surface area contributed by atoms with Crippen LogP contribution >= 0.6 is 0 Å². The summed E-state index contributed by atoms with van der Waals surface area (Å²) in [5.74, 6) is -2.70. The molecule has 0 aliphatic carbocycles. The first-order valence-electron chi connectivity index (χ1n) is 5.43. The summed E-state index contributed by atoms with van der Waals surface area (Å²) < 4.78 is 4.66. The van der Waals surface area contributed by atoms with Crippen molar-refractivity contribution in [2.75, 3.05) is 34.3 Å². The Morgan fingerprint density at radius 1 is 1.06 bits per heavy atom. The summed E-state index contributed by atoms with van der Waals surface area (Å²) in [6.07, 6.45) is -0.549. The first-order valence-corrected chi connectivity index (χ1v) is 5.43. The second-order valence-corrected chi connectivity index (χ2v) is 3.85. The highest BCUT2D eigenvalue weighted by molar-refractivity contribution is 6.39. The van der Waals surface area contributed by atoms with Gasteiger partial charge in [-0.3, -0.25) is 19.2 Å². The van der Waals surface area contributed by atoms with E-state index in [2.05, 4.69) is 4.74 Å². The molecule has 7 heteroatoms. The molecule has 0 fully saturated rings. The Hall–Kier alpha value is -1.92. The highest BCUT2D eigenvalue weighted by Crippen LogP contribution is 1.96. The molecule has 7 nitrogen and oxygen atoms in total. The van der Waals surface area contributed by atoms with Crippen molar-refractivity contribution in [3.63, 3.8) is 0 Å². The molecule has 0 aromatic carbocycles. The Balaban J connectivity index is 4.28. The lowest BCUT2D eigenvalue weighted by Crippen LogP contribution is -2.37. The van der Waals surface area contributed by atoms with Gasteiger partial charge in [0.05, 0.1) is 13.0 Å². The zero-order valence-electron chi connectivity index (χ0n) is 11.1. The van der Waals surface area contributed by atoms with Gasteiger partial charge in [-0.05, 0) is 6.92 Å². The largest absolute Gasteiger partial charge is 0.465 e. The van der Waals surface area contributed by atoms with Gasteiger partial charge in [0.15, 0.2) is 0 Å². The molecule has 0 radical (unpaired) electrons. The van der Waals surface area contributed by atoms with E-state index in [0.717, 1.165) is 9.80 Å². The highest BCUT2D eigenvalue weighted by atomic mass is 16.5. The number of ether oxygens (including phenoxy) is 1. The Kier molecular flexibility index (Phi) is 6.62. The molecule has 18 heavy (non-hydrogen) atoms. The van der Waals surface area contributed by atoms with Gasteiger partial charge in [-0.1, -0.05) is 0 Å². The third-order valence-corrected chi connectivity index (χ3v) is 2.05. The summed E-state index contributed by atoms with van der Waals surface area (Å²) in [6.45, 7) is 1.63. The van der Waals surface area contributed by atoms with E-state index < -0.39 is 30.0 Å². The molecule has 0 saturated heterocycles. The quantitative estimate of drug-likeness (QED) is 0.348. The minimum atomic E-state index is -0.805. The molecule has 0 aromatic rings. The van der Waals surface area contributed by atoms with Gasteiger partial charge in [0.1, 0.15) is 6.54 Å². The van der Waals surface area contributed by atoms with Crippen molar-refractivity contribution in [1.82, 2.24) is 9.80 Å². The Morgan fingerprint density at radius 3 is 2.06 bits per heavy atom. The summed E-state index contributed by atoms with van der Waals surface area (Å²) in [6, 6.07) is 0. The Labute approximate surface area is 106 Å². The van der Waals surface area contributed by atoms with Crippen LogP contribution in [0.25, 0.3) is 0 Å². The summed E-state index contributed by atoms with van der Waals surface area (Å²) in [5, 5.41) is 0.